The predicted molar refractivity (Wildman–Crippen MR) is 74.8 cm³/mol. The lowest BCUT2D eigenvalue weighted by Crippen LogP contribution is -1.95. The quantitative estimate of drug-likeness (QED) is 0.825. The van der Waals surface area contributed by atoms with Crippen molar-refractivity contribution in [3.63, 3.8) is 0 Å². The van der Waals surface area contributed by atoms with Gasteiger partial charge in [-0.1, -0.05) is 24.0 Å². The molecule has 3 heteroatoms. The minimum Gasteiger partial charge on any atom is -0.508 e. The summed E-state index contributed by atoms with van der Waals surface area (Å²) < 4.78 is 5.64. The highest BCUT2D eigenvalue weighted by molar-refractivity contribution is 5.38. The van der Waals surface area contributed by atoms with Crippen molar-refractivity contribution >= 4 is 0 Å². The Labute approximate surface area is 112 Å². The average Bonchev–Trinajstić information content (AvgIpc) is 2.46. The Morgan fingerprint density at radius 1 is 1.00 bits per heavy atom. The van der Waals surface area contributed by atoms with Crippen LogP contribution in [0.2, 0.25) is 0 Å². The van der Waals surface area contributed by atoms with Gasteiger partial charge in [-0.05, 0) is 42.0 Å². The van der Waals surface area contributed by atoms with Gasteiger partial charge in [-0.15, -0.1) is 0 Å². The lowest BCUT2D eigenvalue weighted by atomic mass is 10.2. The monoisotopic (exact) mass is 253 g/mol. The van der Waals surface area contributed by atoms with E-state index in [-0.39, 0.29) is 5.75 Å². The van der Waals surface area contributed by atoms with E-state index in [1.807, 2.05) is 36.4 Å². The summed E-state index contributed by atoms with van der Waals surface area (Å²) in [6.45, 7) is 0.827. The summed E-state index contributed by atoms with van der Waals surface area (Å²) in [6, 6.07) is 14.5. The Morgan fingerprint density at radius 2 is 1.68 bits per heavy atom. The molecule has 2 aromatic rings. The molecule has 0 spiro atoms. The van der Waals surface area contributed by atoms with Gasteiger partial charge in [0.1, 0.15) is 18.1 Å². The van der Waals surface area contributed by atoms with Crippen molar-refractivity contribution in [2.24, 2.45) is 5.73 Å². The molecular weight excluding hydrogens is 238 g/mol. The second kappa shape index (κ2) is 6.48. The molecule has 3 nitrogen and oxygen atoms in total. The van der Waals surface area contributed by atoms with Gasteiger partial charge in [-0.2, -0.15) is 0 Å². The summed E-state index contributed by atoms with van der Waals surface area (Å²) in [5.41, 5.74) is 7.24. The van der Waals surface area contributed by atoms with E-state index in [0.717, 1.165) is 16.9 Å². The highest BCUT2D eigenvalue weighted by Crippen LogP contribution is 2.15. The summed E-state index contributed by atoms with van der Waals surface area (Å²) in [5, 5.41) is 9.18. The summed E-state index contributed by atoms with van der Waals surface area (Å²) >= 11 is 0. The minimum atomic E-state index is 0.256. The molecular formula is C16H15NO2. The number of aromatic hydroxyl groups is 1. The summed E-state index contributed by atoms with van der Waals surface area (Å²) in [7, 11) is 0. The number of phenols is 1. The van der Waals surface area contributed by atoms with Crippen LogP contribution in [0.3, 0.4) is 0 Å². The number of benzene rings is 2. The molecule has 0 aliphatic heterocycles. The van der Waals surface area contributed by atoms with Gasteiger partial charge in [-0.3, -0.25) is 0 Å². The maximum absolute atomic E-state index is 9.18. The molecule has 0 saturated heterocycles. The average molecular weight is 253 g/mol. The van der Waals surface area contributed by atoms with Crippen LogP contribution in [0.15, 0.2) is 48.5 Å². The number of hydrogen-bond donors (Lipinski definition) is 2. The van der Waals surface area contributed by atoms with Crippen LogP contribution in [0, 0.1) is 11.8 Å². The van der Waals surface area contributed by atoms with Crippen LogP contribution in [0.25, 0.3) is 0 Å². The standard InChI is InChI=1S/C16H15NO2/c17-11-1-2-13-5-9-16(10-6-13)19-12-14-3-7-15(18)8-4-14/h3-10,18H,11-12,17H2. The summed E-state index contributed by atoms with van der Waals surface area (Å²) in [5.74, 6) is 6.79. The molecule has 2 rings (SSSR count). The van der Waals surface area contributed by atoms with Crippen LogP contribution in [0.1, 0.15) is 11.1 Å². The van der Waals surface area contributed by atoms with Gasteiger partial charge in [0.15, 0.2) is 0 Å². The molecule has 96 valence electrons. The topological polar surface area (TPSA) is 55.5 Å². The lowest BCUT2D eigenvalue weighted by Gasteiger charge is -2.06. The first-order valence-corrected chi connectivity index (χ1v) is 5.97. The van der Waals surface area contributed by atoms with E-state index in [2.05, 4.69) is 11.8 Å². The maximum atomic E-state index is 9.18. The number of hydrogen-bond acceptors (Lipinski definition) is 3. The van der Waals surface area contributed by atoms with E-state index in [1.54, 1.807) is 12.1 Å². The smallest absolute Gasteiger partial charge is 0.119 e. The molecule has 3 N–H and O–H groups in total. The molecule has 0 unspecified atom stereocenters. The van der Waals surface area contributed by atoms with Crippen LogP contribution in [-0.2, 0) is 6.61 Å². The van der Waals surface area contributed by atoms with Gasteiger partial charge in [0, 0.05) is 5.56 Å². The Kier molecular flexibility index (Phi) is 4.44. The molecule has 0 fully saturated rings. The number of phenolic OH excluding ortho intramolecular Hbond substituents is 1. The van der Waals surface area contributed by atoms with E-state index < -0.39 is 0 Å². The van der Waals surface area contributed by atoms with Crippen molar-refractivity contribution in [1.82, 2.24) is 0 Å². The number of nitrogens with two attached hydrogens (primary N) is 1. The van der Waals surface area contributed by atoms with Crippen molar-refractivity contribution in [3.8, 4) is 23.3 Å². The fraction of sp³-hybridized carbons (Fsp3) is 0.125. The van der Waals surface area contributed by atoms with Crippen molar-refractivity contribution < 1.29 is 9.84 Å². The predicted octanol–water partition coefficient (Wildman–Crippen LogP) is 2.28. The Balaban J connectivity index is 1.94. The third kappa shape index (κ3) is 4.06. The van der Waals surface area contributed by atoms with Crippen molar-refractivity contribution in [3.05, 3.63) is 59.7 Å². The lowest BCUT2D eigenvalue weighted by molar-refractivity contribution is 0.306. The fourth-order valence-electron chi connectivity index (χ4n) is 1.55. The van der Waals surface area contributed by atoms with E-state index in [4.69, 9.17) is 10.5 Å². The second-order valence-corrected chi connectivity index (χ2v) is 3.99. The van der Waals surface area contributed by atoms with Crippen molar-refractivity contribution in [2.75, 3.05) is 6.54 Å². The molecule has 0 atom stereocenters. The largest absolute Gasteiger partial charge is 0.508 e. The first-order valence-electron chi connectivity index (χ1n) is 5.97. The zero-order valence-electron chi connectivity index (χ0n) is 10.5. The minimum absolute atomic E-state index is 0.256. The molecule has 0 saturated carbocycles. The molecule has 0 aromatic heterocycles. The van der Waals surface area contributed by atoms with Gasteiger partial charge < -0.3 is 15.6 Å². The van der Waals surface area contributed by atoms with E-state index >= 15 is 0 Å². The molecule has 0 aliphatic carbocycles. The van der Waals surface area contributed by atoms with Crippen LogP contribution in [0.4, 0.5) is 0 Å². The number of rotatable bonds is 3. The van der Waals surface area contributed by atoms with Gasteiger partial charge in [0.2, 0.25) is 0 Å². The van der Waals surface area contributed by atoms with Crippen LogP contribution < -0.4 is 10.5 Å². The van der Waals surface area contributed by atoms with E-state index in [1.165, 1.54) is 0 Å². The van der Waals surface area contributed by atoms with Gasteiger partial charge in [0.05, 0.1) is 6.54 Å². The zero-order valence-corrected chi connectivity index (χ0v) is 10.5. The number of ether oxygens (including phenoxy) is 1. The highest BCUT2D eigenvalue weighted by atomic mass is 16.5. The SMILES string of the molecule is NCC#Cc1ccc(OCc2ccc(O)cc2)cc1. The second-order valence-electron chi connectivity index (χ2n) is 3.99. The first kappa shape index (κ1) is 13.0. The zero-order chi connectivity index (χ0) is 13.5. The molecule has 0 aliphatic rings. The normalized spacial score (nSPS) is 9.53. The summed E-state index contributed by atoms with van der Waals surface area (Å²) in [4.78, 5) is 0. The van der Waals surface area contributed by atoms with E-state index in [0.29, 0.717) is 13.2 Å². The van der Waals surface area contributed by atoms with Crippen LogP contribution in [0.5, 0.6) is 11.5 Å². The van der Waals surface area contributed by atoms with Crippen molar-refractivity contribution in [2.45, 2.75) is 6.61 Å². The van der Waals surface area contributed by atoms with Gasteiger partial charge in [0.25, 0.3) is 0 Å². The molecule has 0 amide bonds. The Morgan fingerprint density at radius 3 is 2.32 bits per heavy atom. The first-order chi connectivity index (χ1) is 9.28. The third-order valence-corrected chi connectivity index (χ3v) is 2.53. The molecule has 0 radical (unpaired) electrons. The van der Waals surface area contributed by atoms with Crippen LogP contribution in [-0.4, -0.2) is 11.7 Å². The molecule has 0 bridgehead atoms. The van der Waals surface area contributed by atoms with E-state index in [9.17, 15) is 5.11 Å². The molecule has 2 aromatic carbocycles. The summed E-state index contributed by atoms with van der Waals surface area (Å²) in [6.07, 6.45) is 0. The fourth-order valence-corrected chi connectivity index (χ4v) is 1.55. The Bertz CT molecular complexity index is 577. The van der Waals surface area contributed by atoms with Crippen molar-refractivity contribution in [1.29, 1.82) is 0 Å². The highest BCUT2D eigenvalue weighted by Gasteiger charge is 1.96. The van der Waals surface area contributed by atoms with Crippen LogP contribution >= 0.6 is 0 Å². The Hall–Kier alpha value is -2.44. The molecule has 19 heavy (non-hydrogen) atoms. The maximum Gasteiger partial charge on any atom is 0.119 e. The van der Waals surface area contributed by atoms with Gasteiger partial charge in [-0.25, -0.2) is 0 Å². The van der Waals surface area contributed by atoms with Gasteiger partial charge >= 0.3 is 0 Å². The third-order valence-electron chi connectivity index (χ3n) is 2.53. The molecule has 0 heterocycles.